The van der Waals surface area contributed by atoms with Crippen molar-refractivity contribution in [3.05, 3.63) is 23.2 Å². The van der Waals surface area contributed by atoms with Gasteiger partial charge in [-0.15, -0.1) is 0 Å². The summed E-state index contributed by atoms with van der Waals surface area (Å²) in [7, 11) is -7.48. The van der Waals surface area contributed by atoms with Crippen LogP contribution < -0.4 is 9.86 Å². The normalized spacial score (nSPS) is 13.2. The maximum absolute atomic E-state index is 11.9. The molecule has 20 heavy (non-hydrogen) atoms. The summed E-state index contributed by atoms with van der Waals surface area (Å²) in [5.41, 5.74) is -0.220. The van der Waals surface area contributed by atoms with E-state index in [1.807, 2.05) is 0 Å². The third-order valence-corrected chi connectivity index (χ3v) is 5.32. The lowest BCUT2D eigenvalue weighted by Gasteiger charge is -2.19. The molecule has 0 aromatic heterocycles. The molecular weight excluding hydrogens is 324 g/mol. The second-order valence-corrected chi connectivity index (χ2v) is 9.27. The molecule has 0 atom stereocenters. The Bertz CT molecular complexity index is 706. The molecule has 1 aromatic carbocycles. The van der Waals surface area contributed by atoms with Gasteiger partial charge >= 0.3 is 0 Å². The van der Waals surface area contributed by atoms with Gasteiger partial charge in [-0.3, -0.25) is 4.72 Å². The predicted octanol–water partition coefficient (Wildman–Crippen LogP) is 1.78. The third kappa shape index (κ3) is 5.28. The smallest absolute Gasteiger partial charge is 0.239 e. The molecule has 0 aliphatic heterocycles. The second kappa shape index (κ2) is 5.51. The van der Waals surface area contributed by atoms with Crippen LogP contribution in [0.1, 0.15) is 20.8 Å². The molecule has 0 saturated heterocycles. The lowest BCUT2D eigenvalue weighted by molar-refractivity contribution is 0.463. The Kier molecular flexibility index (Phi) is 4.75. The first-order valence-corrected chi connectivity index (χ1v) is 9.21. The minimum atomic E-state index is -3.93. The average molecular weight is 341 g/mol. The maximum atomic E-state index is 11.9. The molecule has 0 amide bonds. The Labute approximate surface area is 124 Å². The summed E-state index contributed by atoms with van der Waals surface area (Å²) in [6.07, 6.45) is 0. The van der Waals surface area contributed by atoms with Crippen LogP contribution in [0, 0.1) is 5.41 Å². The fraction of sp³-hybridized carbons (Fsp3) is 0.455. The third-order valence-electron chi connectivity index (χ3n) is 2.13. The van der Waals surface area contributed by atoms with Crippen LogP contribution in [-0.2, 0) is 20.0 Å². The Morgan fingerprint density at radius 3 is 2.15 bits per heavy atom. The van der Waals surface area contributed by atoms with Gasteiger partial charge in [-0.1, -0.05) is 32.4 Å². The molecule has 0 fully saturated rings. The first-order valence-electron chi connectivity index (χ1n) is 5.63. The largest absolute Gasteiger partial charge is 0.283 e. The first-order chi connectivity index (χ1) is 8.80. The van der Waals surface area contributed by atoms with E-state index in [0.717, 1.165) is 6.07 Å². The average Bonchev–Trinajstić information content (AvgIpc) is 2.09. The number of hydrogen-bond donors (Lipinski definition) is 2. The summed E-state index contributed by atoms with van der Waals surface area (Å²) in [6.45, 7) is 5.38. The molecule has 0 heterocycles. The fourth-order valence-corrected chi connectivity index (χ4v) is 4.37. The SMILES string of the molecule is CC(C)(C)CS(=O)(=O)Nc1ccc(S(N)(=O)=O)c(Cl)c1. The number of hydrogen-bond acceptors (Lipinski definition) is 4. The minimum Gasteiger partial charge on any atom is -0.283 e. The van der Waals surface area contributed by atoms with Crippen molar-refractivity contribution in [3.8, 4) is 0 Å². The Hall–Kier alpha value is -0.830. The molecule has 0 unspecified atom stereocenters. The zero-order valence-electron chi connectivity index (χ0n) is 11.3. The van der Waals surface area contributed by atoms with E-state index >= 15 is 0 Å². The topological polar surface area (TPSA) is 106 Å². The first kappa shape index (κ1) is 17.2. The molecule has 1 aromatic rings. The summed E-state index contributed by atoms with van der Waals surface area (Å²) in [6, 6.07) is 3.67. The summed E-state index contributed by atoms with van der Waals surface area (Å²) >= 11 is 5.78. The van der Waals surface area contributed by atoms with Gasteiger partial charge in [0.05, 0.1) is 16.5 Å². The van der Waals surface area contributed by atoms with E-state index in [-0.39, 0.29) is 21.4 Å². The van der Waals surface area contributed by atoms with Gasteiger partial charge in [-0.25, -0.2) is 22.0 Å². The number of sulfonamides is 2. The van der Waals surface area contributed by atoms with E-state index < -0.39 is 25.5 Å². The van der Waals surface area contributed by atoms with Crippen molar-refractivity contribution >= 4 is 37.3 Å². The summed E-state index contributed by atoms with van der Waals surface area (Å²) in [4.78, 5) is -0.252. The van der Waals surface area contributed by atoms with Crippen molar-refractivity contribution in [2.75, 3.05) is 10.5 Å². The molecule has 0 saturated carbocycles. The van der Waals surface area contributed by atoms with Crippen LogP contribution in [0.4, 0.5) is 5.69 Å². The lowest BCUT2D eigenvalue weighted by atomic mass is 10.0. The second-order valence-electron chi connectivity index (χ2n) is 5.61. The van der Waals surface area contributed by atoms with Crippen molar-refractivity contribution in [3.63, 3.8) is 0 Å². The molecule has 0 radical (unpaired) electrons. The van der Waals surface area contributed by atoms with Crippen LogP contribution in [0.25, 0.3) is 0 Å². The Balaban J connectivity index is 3.05. The van der Waals surface area contributed by atoms with Gasteiger partial charge in [0, 0.05) is 0 Å². The van der Waals surface area contributed by atoms with E-state index in [4.69, 9.17) is 16.7 Å². The van der Waals surface area contributed by atoms with E-state index in [1.165, 1.54) is 12.1 Å². The van der Waals surface area contributed by atoms with Crippen LogP contribution in [0.2, 0.25) is 5.02 Å². The highest BCUT2D eigenvalue weighted by molar-refractivity contribution is 7.92. The molecule has 9 heteroatoms. The highest BCUT2D eigenvalue weighted by Crippen LogP contribution is 2.25. The quantitative estimate of drug-likeness (QED) is 0.871. The maximum Gasteiger partial charge on any atom is 0.239 e. The van der Waals surface area contributed by atoms with Crippen molar-refractivity contribution in [2.45, 2.75) is 25.7 Å². The lowest BCUT2D eigenvalue weighted by Crippen LogP contribution is -2.26. The molecule has 114 valence electrons. The highest BCUT2D eigenvalue weighted by Gasteiger charge is 2.22. The van der Waals surface area contributed by atoms with E-state index in [2.05, 4.69) is 4.72 Å². The van der Waals surface area contributed by atoms with Gasteiger partial charge < -0.3 is 0 Å². The van der Waals surface area contributed by atoms with Crippen LogP contribution in [-0.4, -0.2) is 22.6 Å². The van der Waals surface area contributed by atoms with Gasteiger partial charge in [0.2, 0.25) is 20.0 Å². The van der Waals surface area contributed by atoms with Crippen LogP contribution in [0.5, 0.6) is 0 Å². The number of nitrogens with one attached hydrogen (secondary N) is 1. The Morgan fingerprint density at radius 2 is 1.75 bits per heavy atom. The van der Waals surface area contributed by atoms with E-state index in [1.54, 1.807) is 20.8 Å². The Morgan fingerprint density at radius 1 is 1.20 bits per heavy atom. The number of rotatable bonds is 4. The number of anilines is 1. The van der Waals surface area contributed by atoms with Crippen molar-refractivity contribution in [2.24, 2.45) is 10.6 Å². The molecule has 0 aliphatic carbocycles. The van der Waals surface area contributed by atoms with Crippen LogP contribution in [0.15, 0.2) is 23.1 Å². The van der Waals surface area contributed by atoms with Crippen molar-refractivity contribution in [1.82, 2.24) is 0 Å². The van der Waals surface area contributed by atoms with Gasteiger partial charge in [0.25, 0.3) is 0 Å². The van der Waals surface area contributed by atoms with Gasteiger partial charge in [-0.2, -0.15) is 0 Å². The van der Waals surface area contributed by atoms with Gasteiger partial charge in [0.15, 0.2) is 0 Å². The molecule has 3 N–H and O–H groups in total. The van der Waals surface area contributed by atoms with Gasteiger partial charge in [-0.05, 0) is 23.6 Å². The van der Waals surface area contributed by atoms with Gasteiger partial charge in [0.1, 0.15) is 4.90 Å². The molecule has 1 rings (SSSR count). The summed E-state index contributed by atoms with van der Waals surface area (Å²) in [5, 5.41) is 4.83. The zero-order valence-corrected chi connectivity index (χ0v) is 13.7. The molecule has 0 aliphatic rings. The summed E-state index contributed by atoms with van der Waals surface area (Å²) < 4.78 is 48.6. The molecule has 0 bridgehead atoms. The highest BCUT2D eigenvalue weighted by atomic mass is 35.5. The van der Waals surface area contributed by atoms with Crippen LogP contribution in [0.3, 0.4) is 0 Å². The predicted molar refractivity (Wildman–Crippen MR) is 79.7 cm³/mol. The monoisotopic (exact) mass is 340 g/mol. The number of primary sulfonamides is 1. The number of halogens is 1. The number of benzene rings is 1. The summed E-state index contributed by atoms with van der Waals surface area (Å²) in [5.74, 6) is -0.0748. The van der Waals surface area contributed by atoms with E-state index in [9.17, 15) is 16.8 Å². The standard InChI is InChI=1S/C11H17ClN2O4S2/c1-11(2,3)7-19(15,16)14-8-4-5-10(9(12)6-8)20(13,17)18/h4-6,14H,7H2,1-3H3,(H2,13,17,18). The van der Waals surface area contributed by atoms with Crippen molar-refractivity contribution in [1.29, 1.82) is 0 Å². The minimum absolute atomic E-state index is 0.0748. The molecule has 6 nitrogen and oxygen atoms in total. The van der Waals surface area contributed by atoms with E-state index in [0.29, 0.717) is 0 Å². The number of nitrogens with two attached hydrogens (primary N) is 1. The molecule has 0 spiro atoms. The van der Waals surface area contributed by atoms with Crippen LogP contribution >= 0.6 is 11.6 Å². The zero-order chi connectivity index (χ0) is 15.8. The fourth-order valence-electron chi connectivity index (χ4n) is 1.58. The van der Waals surface area contributed by atoms with Crippen molar-refractivity contribution < 1.29 is 16.8 Å². The molecular formula is C11H17ClN2O4S2.